The van der Waals surface area contributed by atoms with Gasteiger partial charge in [0, 0.05) is 19.6 Å². The molecule has 5 nitrogen and oxygen atoms in total. The van der Waals surface area contributed by atoms with Crippen molar-refractivity contribution in [3.05, 3.63) is 35.4 Å². The maximum absolute atomic E-state index is 13.6. The van der Waals surface area contributed by atoms with Crippen molar-refractivity contribution in [1.82, 2.24) is 15.1 Å². The SMILES string of the molecule is CN1CCC(NC(=O)N2CCCC(O)C2)C1c1ccc(F)c(F)c1. The second-order valence-electron chi connectivity index (χ2n) is 6.69. The summed E-state index contributed by atoms with van der Waals surface area (Å²) in [6, 6.07) is 3.31. The fraction of sp³-hybridized carbons (Fsp3) is 0.588. The van der Waals surface area contributed by atoms with Gasteiger partial charge in [-0.3, -0.25) is 4.90 Å². The zero-order valence-corrected chi connectivity index (χ0v) is 13.7. The van der Waals surface area contributed by atoms with Gasteiger partial charge in [-0.25, -0.2) is 13.6 Å². The standard InChI is InChI=1S/C17H23F2N3O2/c1-21-8-6-15(16(21)11-4-5-13(18)14(19)9-11)20-17(24)22-7-2-3-12(23)10-22/h4-5,9,12,15-16,23H,2-3,6-8,10H2,1H3,(H,20,24). The number of aliphatic hydroxyl groups excluding tert-OH is 1. The van der Waals surface area contributed by atoms with Gasteiger partial charge in [0.25, 0.3) is 0 Å². The molecule has 3 atom stereocenters. The highest BCUT2D eigenvalue weighted by atomic mass is 19.2. The maximum Gasteiger partial charge on any atom is 0.317 e. The van der Waals surface area contributed by atoms with E-state index in [1.54, 1.807) is 11.0 Å². The van der Waals surface area contributed by atoms with E-state index in [4.69, 9.17) is 0 Å². The number of benzene rings is 1. The molecule has 2 saturated heterocycles. The molecule has 7 heteroatoms. The normalized spacial score (nSPS) is 28.2. The number of hydrogen-bond acceptors (Lipinski definition) is 3. The number of halogens is 2. The van der Waals surface area contributed by atoms with Crippen LogP contribution in [-0.4, -0.2) is 59.8 Å². The van der Waals surface area contributed by atoms with Crippen LogP contribution in [-0.2, 0) is 0 Å². The number of aliphatic hydroxyl groups is 1. The van der Waals surface area contributed by atoms with Gasteiger partial charge < -0.3 is 15.3 Å². The average Bonchev–Trinajstić information content (AvgIpc) is 2.90. The number of likely N-dealkylation sites (tertiary alicyclic amines) is 2. The van der Waals surface area contributed by atoms with Gasteiger partial charge in [0.1, 0.15) is 0 Å². The Kier molecular flexibility index (Phi) is 5.01. The highest BCUT2D eigenvalue weighted by Gasteiger charge is 2.35. The minimum absolute atomic E-state index is 0.175. The summed E-state index contributed by atoms with van der Waals surface area (Å²) < 4.78 is 26.7. The Morgan fingerprint density at radius 1 is 1.25 bits per heavy atom. The zero-order chi connectivity index (χ0) is 17.3. The number of nitrogens with zero attached hydrogens (tertiary/aromatic N) is 2. The predicted octanol–water partition coefficient (Wildman–Crippen LogP) is 1.88. The number of carbonyl (C=O) groups excluding carboxylic acids is 1. The fourth-order valence-corrected chi connectivity index (χ4v) is 3.67. The minimum Gasteiger partial charge on any atom is -0.391 e. The number of amides is 2. The van der Waals surface area contributed by atoms with Crippen molar-refractivity contribution < 1.29 is 18.7 Å². The molecule has 132 valence electrons. The van der Waals surface area contributed by atoms with Crippen molar-refractivity contribution in [2.75, 3.05) is 26.7 Å². The first-order valence-electron chi connectivity index (χ1n) is 8.34. The molecule has 2 heterocycles. The first-order valence-corrected chi connectivity index (χ1v) is 8.34. The Bertz CT molecular complexity index is 613. The van der Waals surface area contributed by atoms with Gasteiger partial charge in [-0.2, -0.15) is 0 Å². The molecule has 24 heavy (non-hydrogen) atoms. The largest absolute Gasteiger partial charge is 0.391 e. The molecule has 0 aromatic heterocycles. The van der Waals surface area contributed by atoms with Crippen molar-refractivity contribution in [2.24, 2.45) is 0 Å². The molecule has 3 rings (SSSR count). The van der Waals surface area contributed by atoms with Crippen LogP contribution in [0.2, 0.25) is 0 Å². The van der Waals surface area contributed by atoms with E-state index in [0.29, 0.717) is 25.1 Å². The van der Waals surface area contributed by atoms with E-state index in [1.807, 2.05) is 11.9 Å². The number of likely N-dealkylation sites (N-methyl/N-ethyl adjacent to an activating group) is 1. The highest BCUT2D eigenvalue weighted by Crippen LogP contribution is 2.32. The number of nitrogens with one attached hydrogen (secondary N) is 1. The molecule has 0 aliphatic carbocycles. The molecule has 0 spiro atoms. The molecule has 2 aliphatic rings. The van der Waals surface area contributed by atoms with Crippen molar-refractivity contribution in [1.29, 1.82) is 0 Å². The quantitative estimate of drug-likeness (QED) is 0.865. The smallest absolute Gasteiger partial charge is 0.317 e. The summed E-state index contributed by atoms with van der Waals surface area (Å²) in [6.45, 7) is 1.72. The third kappa shape index (κ3) is 3.52. The van der Waals surface area contributed by atoms with Crippen molar-refractivity contribution in [3.8, 4) is 0 Å². The molecule has 3 unspecified atom stereocenters. The summed E-state index contributed by atoms with van der Waals surface area (Å²) in [7, 11) is 1.91. The van der Waals surface area contributed by atoms with Gasteiger partial charge in [-0.1, -0.05) is 6.07 Å². The number of urea groups is 1. The van der Waals surface area contributed by atoms with E-state index < -0.39 is 17.7 Å². The van der Waals surface area contributed by atoms with Crippen LogP contribution in [0.3, 0.4) is 0 Å². The number of carbonyl (C=O) groups is 1. The second kappa shape index (κ2) is 7.03. The van der Waals surface area contributed by atoms with E-state index in [9.17, 15) is 18.7 Å². The van der Waals surface area contributed by atoms with Gasteiger partial charge in [0.05, 0.1) is 18.2 Å². The number of rotatable bonds is 2. The van der Waals surface area contributed by atoms with E-state index in [1.165, 1.54) is 6.07 Å². The molecule has 1 aromatic carbocycles. The lowest BCUT2D eigenvalue weighted by molar-refractivity contribution is 0.0827. The van der Waals surface area contributed by atoms with Gasteiger partial charge in [0.2, 0.25) is 0 Å². The van der Waals surface area contributed by atoms with Crippen LogP contribution in [0.15, 0.2) is 18.2 Å². The monoisotopic (exact) mass is 339 g/mol. The summed E-state index contributed by atoms with van der Waals surface area (Å²) in [4.78, 5) is 16.1. The molecule has 0 saturated carbocycles. The molecule has 2 aliphatic heterocycles. The lowest BCUT2D eigenvalue weighted by Gasteiger charge is -2.33. The van der Waals surface area contributed by atoms with E-state index in [2.05, 4.69) is 5.32 Å². The van der Waals surface area contributed by atoms with Crippen LogP contribution in [0.1, 0.15) is 30.9 Å². The number of β-amino-alcohol motifs (C(OH)–C–C–N with tert-alkyl or cyclic N) is 1. The summed E-state index contributed by atoms with van der Waals surface area (Å²) in [5, 5.41) is 12.7. The van der Waals surface area contributed by atoms with Crippen LogP contribution in [0.4, 0.5) is 13.6 Å². The Morgan fingerprint density at radius 3 is 2.75 bits per heavy atom. The van der Waals surface area contributed by atoms with Crippen LogP contribution in [0.5, 0.6) is 0 Å². The van der Waals surface area contributed by atoms with E-state index in [-0.39, 0.29) is 18.1 Å². The van der Waals surface area contributed by atoms with E-state index in [0.717, 1.165) is 25.5 Å². The Labute approximate surface area is 140 Å². The molecular formula is C17H23F2N3O2. The van der Waals surface area contributed by atoms with Crippen LogP contribution in [0, 0.1) is 11.6 Å². The van der Waals surface area contributed by atoms with Crippen molar-refractivity contribution in [3.63, 3.8) is 0 Å². The van der Waals surface area contributed by atoms with Gasteiger partial charge in [0.15, 0.2) is 11.6 Å². The fourth-order valence-electron chi connectivity index (χ4n) is 3.67. The zero-order valence-electron chi connectivity index (χ0n) is 13.7. The molecule has 1 aromatic rings. The third-order valence-electron chi connectivity index (χ3n) is 4.93. The topological polar surface area (TPSA) is 55.8 Å². The summed E-state index contributed by atoms with van der Waals surface area (Å²) in [5.74, 6) is -1.75. The van der Waals surface area contributed by atoms with Crippen molar-refractivity contribution in [2.45, 2.75) is 37.5 Å². The highest BCUT2D eigenvalue weighted by molar-refractivity contribution is 5.74. The summed E-state index contributed by atoms with van der Waals surface area (Å²) >= 11 is 0. The number of piperidine rings is 1. The van der Waals surface area contributed by atoms with Crippen LogP contribution in [0.25, 0.3) is 0 Å². The first-order chi connectivity index (χ1) is 11.5. The average molecular weight is 339 g/mol. The molecule has 2 amide bonds. The van der Waals surface area contributed by atoms with Crippen LogP contribution < -0.4 is 5.32 Å². The molecule has 2 fully saturated rings. The summed E-state index contributed by atoms with van der Waals surface area (Å²) in [5.41, 5.74) is 0.651. The maximum atomic E-state index is 13.6. The first kappa shape index (κ1) is 17.1. The molecule has 0 radical (unpaired) electrons. The van der Waals surface area contributed by atoms with Gasteiger partial charge in [-0.05, 0) is 44.0 Å². The summed E-state index contributed by atoms with van der Waals surface area (Å²) in [6.07, 6.45) is 1.76. The molecular weight excluding hydrogens is 316 g/mol. The lowest BCUT2D eigenvalue weighted by Crippen LogP contribution is -2.50. The molecule has 0 bridgehead atoms. The Hall–Kier alpha value is -1.73. The van der Waals surface area contributed by atoms with Gasteiger partial charge in [-0.15, -0.1) is 0 Å². The predicted molar refractivity (Wildman–Crippen MR) is 85.5 cm³/mol. The Balaban J connectivity index is 1.72. The van der Waals surface area contributed by atoms with Gasteiger partial charge >= 0.3 is 6.03 Å². The minimum atomic E-state index is -0.878. The number of hydrogen-bond donors (Lipinski definition) is 2. The van der Waals surface area contributed by atoms with E-state index >= 15 is 0 Å². The second-order valence-corrected chi connectivity index (χ2v) is 6.69. The Morgan fingerprint density at radius 2 is 2.04 bits per heavy atom. The molecule has 2 N–H and O–H groups in total. The lowest BCUT2D eigenvalue weighted by atomic mass is 10.00. The van der Waals surface area contributed by atoms with Crippen molar-refractivity contribution >= 4 is 6.03 Å². The van der Waals surface area contributed by atoms with Crippen LogP contribution >= 0.6 is 0 Å². The third-order valence-corrected chi connectivity index (χ3v) is 4.93.